The van der Waals surface area contributed by atoms with Crippen molar-refractivity contribution in [3.8, 4) is 0 Å². The van der Waals surface area contributed by atoms with Crippen molar-refractivity contribution in [2.45, 2.75) is 51.6 Å². The Morgan fingerprint density at radius 1 is 1.23 bits per heavy atom. The zero-order valence-corrected chi connectivity index (χ0v) is 19.8. The van der Waals surface area contributed by atoms with Crippen LogP contribution in [0, 0.1) is 0 Å². The molecule has 0 spiro atoms. The quantitative estimate of drug-likeness (QED) is 0.367. The number of tetrazole rings is 1. The normalized spacial score (nSPS) is 18.6. The predicted molar refractivity (Wildman–Crippen MR) is 127 cm³/mol. The van der Waals surface area contributed by atoms with Crippen LogP contribution in [0.3, 0.4) is 0 Å². The smallest absolute Gasteiger partial charge is 0.230 e. The van der Waals surface area contributed by atoms with Crippen LogP contribution in [0.4, 0.5) is 5.82 Å². The van der Waals surface area contributed by atoms with Crippen molar-refractivity contribution >= 4 is 17.4 Å². The van der Waals surface area contributed by atoms with Crippen LogP contribution in [0.1, 0.15) is 49.7 Å². The van der Waals surface area contributed by atoms with Crippen LogP contribution < -0.4 is 5.32 Å². The molecule has 1 aliphatic rings. The van der Waals surface area contributed by atoms with Crippen molar-refractivity contribution in [2.24, 2.45) is 12.2 Å². The lowest BCUT2D eigenvalue weighted by Gasteiger charge is -2.19. The number of ether oxygens (including phenoxy) is 2. The number of amides is 1. The van der Waals surface area contributed by atoms with Gasteiger partial charge in [0.2, 0.25) is 11.7 Å². The van der Waals surface area contributed by atoms with Gasteiger partial charge in [0.15, 0.2) is 18.6 Å². The van der Waals surface area contributed by atoms with Crippen LogP contribution in [-0.4, -0.2) is 55.8 Å². The zero-order valence-electron chi connectivity index (χ0n) is 19.8. The van der Waals surface area contributed by atoms with Gasteiger partial charge in [-0.3, -0.25) is 4.79 Å². The van der Waals surface area contributed by atoms with Crippen LogP contribution in [-0.2, 0) is 32.8 Å². The van der Waals surface area contributed by atoms with Crippen molar-refractivity contribution in [3.63, 3.8) is 0 Å². The molecule has 0 saturated carbocycles. The topological polar surface area (TPSA) is 126 Å². The average molecular weight is 480 g/mol. The summed E-state index contributed by atoms with van der Waals surface area (Å²) in [6, 6.07) is 14.8. The molecule has 3 heterocycles. The monoisotopic (exact) mass is 479 g/mol. The fourth-order valence-electron chi connectivity index (χ4n) is 3.64. The SMILES string of the molecule is CCC1CCCOC(CC(=O)Nc2cccc(CON=C(c3ccccc3)c3nnnn3C)n2)O1. The summed E-state index contributed by atoms with van der Waals surface area (Å²) in [5.41, 5.74) is 1.91. The number of benzene rings is 1. The molecule has 1 fully saturated rings. The molecule has 0 aliphatic carbocycles. The minimum Gasteiger partial charge on any atom is -0.389 e. The molecule has 4 rings (SSSR count). The molecule has 0 bridgehead atoms. The van der Waals surface area contributed by atoms with Gasteiger partial charge in [0.05, 0.1) is 18.2 Å². The highest BCUT2D eigenvalue weighted by atomic mass is 16.7. The molecule has 0 radical (unpaired) electrons. The van der Waals surface area contributed by atoms with Gasteiger partial charge < -0.3 is 19.6 Å². The summed E-state index contributed by atoms with van der Waals surface area (Å²) >= 11 is 0. The second-order valence-electron chi connectivity index (χ2n) is 8.08. The van der Waals surface area contributed by atoms with E-state index < -0.39 is 6.29 Å². The summed E-state index contributed by atoms with van der Waals surface area (Å²) in [4.78, 5) is 22.6. The van der Waals surface area contributed by atoms with Gasteiger partial charge in [-0.2, -0.15) is 0 Å². The van der Waals surface area contributed by atoms with Crippen molar-refractivity contribution < 1.29 is 19.1 Å². The van der Waals surface area contributed by atoms with E-state index >= 15 is 0 Å². The number of pyridine rings is 1. The molecule has 1 aromatic carbocycles. The van der Waals surface area contributed by atoms with Crippen LogP contribution in [0.5, 0.6) is 0 Å². The average Bonchev–Trinajstić information content (AvgIpc) is 3.15. The second kappa shape index (κ2) is 12.1. The van der Waals surface area contributed by atoms with Gasteiger partial charge in [-0.25, -0.2) is 9.67 Å². The molecule has 11 heteroatoms. The van der Waals surface area contributed by atoms with Gasteiger partial charge in [-0.1, -0.05) is 48.5 Å². The number of aryl methyl sites for hydroxylation is 1. The Labute approximate surface area is 203 Å². The maximum Gasteiger partial charge on any atom is 0.230 e. The van der Waals surface area contributed by atoms with Crippen LogP contribution in [0.25, 0.3) is 0 Å². The van der Waals surface area contributed by atoms with E-state index in [1.54, 1.807) is 25.2 Å². The minimum atomic E-state index is -0.546. The van der Waals surface area contributed by atoms with E-state index in [2.05, 4.69) is 37.9 Å². The van der Waals surface area contributed by atoms with Gasteiger partial charge in [0.25, 0.3) is 0 Å². The fourth-order valence-corrected chi connectivity index (χ4v) is 3.64. The number of hydrogen-bond acceptors (Lipinski definition) is 9. The Morgan fingerprint density at radius 3 is 2.86 bits per heavy atom. The third kappa shape index (κ3) is 6.90. The summed E-state index contributed by atoms with van der Waals surface area (Å²) in [7, 11) is 1.73. The Kier molecular flexibility index (Phi) is 8.47. The Morgan fingerprint density at radius 2 is 2.09 bits per heavy atom. The molecule has 2 unspecified atom stereocenters. The summed E-state index contributed by atoms with van der Waals surface area (Å²) in [5, 5.41) is 18.7. The van der Waals surface area contributed by atoms with E-state index in [9.17, 15) is 4.79 Å². The largest absolute Gasteiger partial charge is 0.389 e. The third-order valence-electron chi connectivity index (χ3n) is 5.45. The lowest BCUT2D eigenvalue weighted by molar-refractivity contribution is -0.162. The number of rotatable bonds is 9. The first-order chi connectivity index (χ1) is 17.1. The molecule has 1 saturated heterocycles. The van der Waals surface area contributed by atoms with Gasteiger partial charge in [0, 0.05) is 19.2 Å². The van der Waals surface area contributed by atoms with Crippen LogP contribution >= 0.6 is 0 Å². The molecule has 2 aromatic heterocycles. The highest BCUT2D eigenvalue weighted by molar-refractivity contribution is 6.10. The first kappa shape index (κ1) is 24.4. The maximum atomic E-state index is 12.5. The second-order valence-corrected chi connectivity index (χ2v) is 8.08. The first-order valence-electron chi connectivity index (χ1n) is 11.6. The van der Waals surface area contributed by atoms with E-state index in [-0.39, 0.29) is 25.0 Å². The van der Waals surface area contributed by atoms with Crippen molar-refractivity contribution in [1.29, 1.82) is 0 Å². The molecule has 184 valence electrons. The van der Waals surface area contributed by atoms with Gasteiger partial charge in [0.1, 0.15) is 5.82 Å². The van der Waals surface area contributed by atoms with E-state index in [0.29, 0.717) is 29.7 Å². The van der Waals surface area contributed by atoms with E-state index in [1.165, 1.54) is 4.68 Å². The van der Waals surface area contributed by atoms with Crippen molar-refractivity contribution in [1.82, 2.24) is 25.2 Å². The molecular formula is C24H29N7O4. The highest BCUT2D eigenvalue weighted by Crippen LogP contribution is 2.18. The number of nitrogens with one attached hydrogen (secondary N) is 1. The van der Waals surface area contributed by atoms with Gasteiger partial charge >= 0.3 is 0 Å². The zero-order chi connectivity index (χ0) is 24.5. The molecule has 1 N–H and O–H groups in total. The van der Waals surface area contributed by atoms with E-state index in [4.69, 9.17) is 14.3 Å². The standard InChI is InChI=1S/C24H29N7O4/c1-3-19-12-8-14-33-22(35-19)15-21(32)26-20-13-7-11-18(25-20)16-34-28-23(17-9-5-4-6-10-17)24-27-29-30-31(24)2/h4-7,9-11,13,19,22H,3,8,12,14-16H2,1-2H3,(H,25,26,32). The van der Waals surface area contributed by atoms with E-state index in [1.807, 2.05) is 30.3 Å². The predicted octanol–water partition coefficient (Wildman–Crippen LogP) is 2.83. The summed E-state index contributed by atoms with van der Waals surface area (Å²) in [6.45, 7) is 2.76. The number of hydrogen-bond donors (Lipinski definition) is 1. The lowest BCUT2D eigenvalue weighted by Crippen LogP contribution is -2.27. The summed E-state index contributed by atoms with van der Waals surface area (Å²) in [6.07, 6.45) is 2.45. The first-order valence-corrected chi connectivity index (χ1v) is 11.6. The summed E-state index contributed by atoms with van der Waals surface area (Å²) in [5.74, 6) is 0.663. The number of anilines is 1. The molecule has 11 nitrogen and oxygen atoms in total. The molecule has 3 aromatic rings. The van der Waals surface area contributed by atoms with E-state index in [0.717, 1.165) is 24.8 Å². The van der Waals surface area contributed by atoms with Gasteiger partial charge in [-0.05, 0) is 41.8 Å². The Hall–Kier alpha value is -3.70. The number of nitrogens with zero attached hydrogens (tertiary/aromatic N) is 6. The third-order valence-corrected chi connectivity index (χ3v) is 5.45. The molecule has 1 aliphatic heterocycles. The van der Waals surface area contributed by atoms with Crippen LogP contribution in [0.15, 0.2) is 53.7 Å². The van der Waals surface area contributed by atoms with Crippen LogP contribution in [0.2, 0.25) is 0 Å². The van der Waals surface area contributed by atoms with Gasteiger partial charge in [-0.15, -0.1) is 5.10 Å². The maximum absolute atomic E-state index is 12.5. The summed E-state index contributed by atoms with van der Waals surface area (Å²) < 4.78 is 13.1. The molecular weight excluding hydrogens is 450 g/mol. The number of oxime groups is 1. The Bertz CT molecular complexity index is 1140. The molecule has 35 heavy (non-hydrogen) atoms. The minimum absolute atomic E-state index is 0.0956. The fraction of sp³-hybridized carbons (Fsp3) is 0.417. The lowest BCUT2D eigenvalue weighted by atomic mass is 10.1. The van der Waals surface area contributed by atoms with Crippen molar-refractivity contribution in [3.05, 3.63) is 65.6 Å². The van der Waals surface area contributed by atoms with Crippen molar-refractivity contribution in [2.75, 3.05) is 11.9 Å². The number of carbonyl (C=O) groups is 1. The highest BCUT2D eigenvalue weighted by Gasteiger charge is 2.22. The Balaban J connectivity index is 1.37. The number of carbonyl (C=O) groups excluding carboxylic acids is 1. The molecule has 2 atom stereocenters. The number of aromatic nitrogens is 5. The molecule has 1 amide bonds.